The molecule has 1 aromatic heterocycles. The summed E-state index contributed by atoms with van der Waals surface area (Å²) in [5.74, 6) is -0.212. The summed E-state index contributed by atoms with van der Waals surface area (Å²) in [6, 6.07) is 12.6. The van der Waals surface area contributed by atoms with Gasteiger partial charge in [-0.25, -0.2) is 0 Å². The Hall–Kier alpha value is -2.74. The first-order chi connectivity index (χ1) is 13.2. The summed E-state index contributed by atoms with van der Waals surface area (Å²) in [5, 5.41) is 3.28. The van der Waals surface area contributed by atoms with E-state index < -0.39 is 17.6 Å². The summed E-state index contributed by atoms with van der Waals surface area (Å²) in [4.78, 5) is 12.0. The van der Waals surface area contributed by atoms with E-state index in [-0.39, 0.29) is 27.6 Å². The van der Waals surface area contributed by atoms with Crippen molar-refractivity contribution in [1.29, 1.82) is 0 Å². The second-order valence-electron chi connectivity index (χ2n) is 5.69. The molecule has 0 fully saturated rings. The van der Waals surface area contributed by atoms with E-state index in [0.717, 1.165) is 6.07 Å². The van der Waals surface area contributed by atoms with Gasteiger partial charge in [0.25, 0.3) is 0 Å². The van der Waals surface area contributed by atoms with Gasteiger partial charge in [-0.15, -0.1) is 0 Å². The molecule has 3 rings (SSSR count). The highest BCUT2D eigenvalue weighted by molar-refractivity contribution is 6.36. The van der Waals surface area contributed by atoms with Crippen molar-refractivity contribution >= 4 is 40.9 Å². The van der Waals surface area contributed by atoms with Gasteiger partial charge in [0.1, 0.15) is 11.5 Å². The van der Waals surface area contributed by atoms with Crippen molar-refractivity contribution in [2.45, 2.75) is 6.18 Å². The molecule has 0 radical (unpaired) electrons. The van der Waals surface area contributed by atoms with Crippen LogP contribution in [-0.4, -0.2) is 11.4 Å². The van der Waals surface area contributed by atoms with E-state index in [1.807, 2.05) is 0 Å². The Morgan fingerprint density at radius 2 is 1.76 bits per heavy atom. The predicted octanol–water partition coefficient (Wildman–Crippen LogP) is 6.10. The third-order valence-corrected chi connectivity index (χ3v) is 4.26. The zero-order chi connectivity index (χ0) is 20.3. The molecule has 29 heavy (non-hydrogen) atoms. The van der Waals surface area contributed by atoms with E-state index in [9.17, 15) is 18.0 Å². The fourth-order valence-corrected chi connectivity index (χ4v) is 2.91. The number of carbonyl (C=O) groups excluding carboxylic acids is 1. The van der Waals surface area contributed by atoms with Gasteiger partial charge in [0.05, 0.1) is 16.3 Å². The van der Waals surface area contributed by atoms with Crippen LogP contribution in [0.15, 0.2) is 65.1 Å². The molecule has 3 N–H and O–H groups in total. The molecule has 1 heterocycles. The molecule has 152 valence electrons. The minimum Gasteiger partial charge on any atom is -0.457 e. The van der Waals surface area contributed by atoms with Crippen LogP contribution in [0.3, 0.4) is 0 Å². The van der Waals surface area contributed by atoms with Gasteiger partial charge in [-0.2, -0.15) is 13.2 Å². The molecule has 0 saturated heterocycles. The van der Waals surface area contributed by atoms with Crippen molar-refractivity contribution in [3.8, 4) is 11.3 Å². The van der Waals surface area contributed by atoms with Crippen LogP contribution in [0, 0.1) is 0 Å². The monoisotopic (exact) mass is 443 g/mol. The normalized spacial score (nSPS) is 11.3. The summed E-state index contributed by atoms with van der Waals surface area (Å²) in [7, 11) is 0. The summed E-state index contributed by atoms with van der Waals surface area (Å²) in [5.41, 5.74) is -0.498. The molecule has 0 unspecified atom stereocenters. The van der Waals surface area contributed by atoms with Crippen molar-refractivity contribution in [2.24, 2.45) is 0 Å². The minimum absolute atomic E-state index is 0. The number of anilines is 1. The van der Waals surface area contributed by atoms with E-state index in [1.165, 1.54) is 48.6 Å². The van der Waals surface area contributed by atoms with Gasteiger partial charge in [0.15, 0.2) is 0 Å². The lowest BCUT2D eigenvalue weighted by Crippen LogP contribution is -2.07. The maximum absolute atomic E-state index is 13.1. The third-order valence-electron chi connectivity index (χ3n) is 3.71. The second kappa shape index (κ2) is 9.17. The summed E-state index contributed by atoms with van der Waals surface area (Å²) in [6.07, 6.45) is -1.97. The van der Waals surface area contributed by atoms with Crippen molar-refractivity contribution in [3.63, 3.8) is 0 Å². The van der Waals surface area contributed by atoms with Crippen LogP contribution in [0.5, 0.6) is 0 Å². The SMILES string of the molecule is O.O=C(/C=C/c1ccc(-c2ccccc2C(F)(F)F)o1)Nc1ccc(Cl)cc1Cl. The number of carbonyl (C=O) groups is 1. The number of hydrogen-bond acceptors (Lipinski definition) is 2. The van der Waals surface area contributed by atoms with Gasteiger partial charge in [0, 0.05) is 16.7 Å². The zero-order valence-electron chi connectivity index (χ0n) is 14.6. The zero-order valence-corrected chi connectivity index (χ0v) is 16.1. The first-order valence-electron chi connectivity index (χ1n) is 7.94. The maximum Gasteiger partial charge on any atom is 0.417 e. The van der Waals surface area contributed by atoms with Gasteiger partial charge < -0.3 is 15.2 Å². The largest absolute Gasteiger partial charge is 0.457 e. The number of hydrogen-bond donors (Lipinski definition) is 1. The van der Waals surface area contributed by atoms with Crippen LogP contribution in [0.25, 0.3) is 17.4 Å². The Bertz CT molecular complexity index is 1050. The Morgan fingerprint density at radius 1 is 1.03 bits per heavy atom. The fraction of sp³-hybridized carbons (Fsp3) is 0.0500. The van der Waals surface area contributed by atoms with Crippen molar-refractivity contribution in [2.75, 3.05) is 5.32 Å². The van der Waals surface area contributed by atoms with E-state index in [2.05, 4.69) is 5.32 Å². The summed E-state index contributed by atoms with van der Waals surface area (Å²) in [6.45, 7) is 0. The molecule has 0 aliphatic carbocycles. The van der Waals surface area contributed by atoms with Crippen LogP contribution in [-0.2, 0) is 11.0 Å². The van der Waals surface area contributed by atoms with Crippen molar-refractivity contribution in [3.05, 3.63) is 82.0 Å². The number of amides is 1. The Kier molecular flexibility index (Phi) is 7.13. The van der Waals surface area contributed by atoms with Crippen molar-refractivity contribution < 1.29 is 27.9 Å². The van der Waals surface area contributed by atoms with Gasteiger partial charge in [-0.3, -0.25) is 4.79 Å². The molecule has 0 aliphatic rings. The Balaban J connectivity index is 0.00000300. The Labute approximate surface area is 173 Å². The molecule has 0 bridgehead atoms. The molecular formula is C20H14Cl2F3NO3. The second-order valence-corrected chi connectivity index (χ2v) is 6.54. The fourth-order valence-electron chi connectivity index (χ4n) is 2.46. The molecule has 0 aliphatic heterocycles. The number of benzene rings is 2. The van der Waals surface area contributed by atoms with E-state index >= 15 is 0 Å². The van der Waals surface area contributed by atoms with E-state index in [0.29, 0.717) is 10.7 Å². The van der Waals surface area contributed by atoms with E-state index in [1.54, 1.807) is 12.1 Å². The first kappa shape index (κ1) is 22.5. The smallest absolute Gasteiger partial charge is 0.417 e. The molecule has 3 aromatic rings. The molecule has 0 saturated carbocycles. The average molecular weight is 444 g/mol. The highest BCUT2D eigenvalue weighted by atomic mass is 35.5. The predicted molar refractivity (Wildman–Crippen MR) is 107 cm³/mol. The highest BCUT2D eigenvalue weighted by Gasteiger charge is 2.34. The molecule has 9 heteroatoms. The number of alkyl halides is 3. The summed E-state index contributed by atoms with van der Waals surface area (Å²) < 4.78 is 44.8. The third kappa shape index (κ3) is 5.63. The Morgan fingerprint density at radius 3 is 2.45 bits per heavy atom. The molecular weight excluding hydrogens is 430 g/mol. The standard InChI is InChI=1S/C20H12Cl2F3NO2.H2O/c21-12-5-8-17(16(22)11-12)26-19(27)10-7-13-6-9-18(28-13)14-3-1-2-4-15(14)20(23,24)25;/h1-11H,(H,26,27);1H2/b10-7+;. The van der Waals surface area contributed by atoms with Crippen LogP contribution >= 0.6 is 23.2 Å². The van der Waals surface area contributed by atoms with Crippen LogP contribution < -0.4 is 5.32 Å². The lowest BCUT2D eigenvalue weighted by molar-refractivity contribution is -0.137. The van der Waals surface area contributed by atoms with E-state index in [4.69, 9.17) is 27.6 Å². The van der Waals surface area contributed by atoms with Crippen LogP contribution in [0.1, 0.15) is 11.3 Å². The number of nitrogens with one attached hydrogen (secondary N) is 1. The van der Waals surface area contributed by atoms with Crippen LogP contribution in [0.4, 0.5) is 18.9 Å². The molecule has 0 atom stereocenters. The average Bonchev–Trinajstić information content (AvgIpc) is 3.11. The molecule has 0 spiro atoms. The molecule has 4 nitrogen and oxygen atoms in total. The van der Waals surface area contributed by atoms with Gasteiger partial charge in [-0.1, -0.05) is 41.4 Å². The number of rotatable bonds is 4. The van der Waals surface area contributed by atoms with Crippen LogP contribution in [0.2, 0.25) is 10.0 Å². The minimum atomic E-state index is -4.50. The topological polar surface area (TPSA) is 73.7 Å². The maximum atomic E-state index is 13.1. The van der Waals surface area contributed by atoms with Gasteiger partial charge in [0.2, 0.25) is 5.91 Å². The number of furan rings is 1. The van der Waals surface area contributed by atoms with Gasteiger partial charge >= 0.3 is 6.18 Å². The summed E-state index contributed by atoms with van der Waals surface area (Å²) >= 11 is 11.8. The quantitative estimate of drug-likeness (QED) is 0.494. The first-order valence-corrected chi connectivity index (χ1v) is 8.70. The molecule has 1 amide bonds. The number of halogens is 5. The lowest BCUT2D eigenvalue weighted by Gasteiger charge is -2.10. The van der Waals surface area contributed by atoms with Gasteiger partial charge in [-0.05, 0) is 42.5 Å². The highest BCUT2D eigenvalue weighted by Crippen LogP contribution is 2.37. The molecule has 2 aromatic carbocycles. The lowest BCUT2D eigenvalue weighted by atomic mass is 10.1. The van der Waals surface area contributed by atoms with Crippen molar-refractivity contribution in [1.82, 2.24) is 0 Å².